The number of nitrogens with one attached hydrogen (secondary N) is 2. The van der Waals surface area contributed by atoms with Gasteiger partial charge in [-0.05, 0) is 96.9 Å². The molecule has 2 aliphatic carbocycles. The van der Waals surface area contributed by atoms with E-state index >= 15 is 0 Å². The van der Waals surface area contributed by atoms with Crippen LogP contribution >= 0.6 is 11.3 Å². The first-order chi connectivity index (χ1) is 24.4. The van der Waals surface area contributed by atoms with Crippen molar-refractivity contribution in [2.45, 2.75) is 50.1 Å². The molecule has 1 spiro atoms. The number of ether oxygens (including phenoxy) is 1. The van der Waals surface area contributed by atoms with Crippen LogP contribution in [0, 0.1) is 11.7 Å². The van der Waals surface area contributed by atoms with Crippen molar-refractivity contribution in [3.63, 3.8) is 0 Å². The minimum Gasteiger partial charge on any atom is -0.496 e. The number of anilines is 1. The van der Waals surface area contributed by atoms with Crippen LogP contribution in [0.4, 0.5) is 10.2 Å². The average molecular weight is 687 g/mol. The molecule has 12 heteroatoms. The van der Waals surface area contributed by atoms with Crippen molar-refractivity contribution in [1.29, 1.82) is 0 Å². The fourth-order valence-electron chi connectivity index (χ4n) is 8.69. The van der Waals surface area contributed by atoms with Crippen LogP contribution in [0.1, 0.15) is 63.7 Å². The fourth-order valence-corrected chi connectivity index (χ4v) is 9.86. The number of hydrogen-bond donors (Lipinski definition) is 2. The molecule has 4 aliphatic rings. The Labute approximate surface area is 289 Å². The first-order valence-electron chi connectivity index (χ1n) is 16.9. The van der Waals surface area contributed by atoms with Crippen molar-refractivity contribution in [3.05, 3.63) is 111 Å². The van der Waals surface area contributed by atoms with E-state index in [1.165, 1.54) is 23.3 Å². The van der Waals surface area contributed by atoms with E-state index in [2.05, 4.69) is 27.6 Å². The second kappa shape index (κ2) is 10.8. The van der Waals surface area contributed by atoms with Gasteiger partial charge in [-0.15, -0.1) is 16.4 Å². The zero-order valence-electron chi connectivity index (χ0n) is 27.1. The molecule has 10 nitrogen and oxygen atoms in total. The van der Waals surface area contributed by atoms with Gasteiger partial charge in [0.1, 0.15) is 17.4 Å². The highest BCUT2D eigenvalue weighted by molar-refractivity contribution is 7.23. The number of rotatable bonds is 8. The number of benzene rings is 2. The highest BCUT2D eigenvalue weighted by atomic mass is 32.1. The Balaban J connectivity index is 1.15. The van der Waals surface area contributed by atoms with Crippen molar-refractivity contribution >= 4 is 33.1 Å². The summed E-state index contributed by atoms with van der Waals surface area (Å²) < 4.78 is 26.0. The van der Waals surface area contributed by atoms with E-state index in [0.29, 0.717) is 47.7 Å². The number of halogens is 1. The Hall–Kier alpha value is -5.36. The number of fused-ring (bicyclic) bond motifs is 3. The van der Waals surface area contributed by atoms with Gasteiger partial charge in [-0.25, -0.2) is 19.3 Å². The Morgan fingerprint density at radius 2 is 1.98 bits per heavy atom. The minimum atomic E-state index is -0.691. The number of carbonyl (C=O) groups is 1. The molecule has 2 aliphatic heterocycles. The van der Waals surface area contributed by atoms with Crippen molar-refractivity contribution in [2.75, 3.05) is 19.0 Å². The molecule has 250 valence electrons. The largest absolute Gasteiger partial charge is 0.496 e. The average Bonchev–Trinajstić information content (AvgIpc) is 3.68. The summed E-state index contributed by atoms with van der Waals surface area (Å²) >= 11 is 1.55. The van der Waals surface area contributed by atoms with Gasteiger partial charge in [-0.2, -0.15) is 0 Å². The van der Waals surface area contributed by atoms with E-state index < -0.39 is 11.3 Å². The van der Waals surface area contributed by atoms with Gasteiger partial charge >= 0.3 is 5.76 Å². The third-order valence-electron chi connectivity index (χ3n) is 11.1. The van der Waals surface area contributed by atoms with Gasteiger partial charge in [0.15, 0.2) is 0 Å². The van der Waals surface area contributed by atoms with Gasteiger partial charge in [0.05, 0.1) is 45.9 Å². The van der Waals surface area contributed by atoms with E-state index in [9.17, 15) is 14.0 Å². The topological polar surface area (TPSA) is 126 Å². The maximum Gasteiger partial charge on any atom is 0.434 e. The third kappa shape index (κ3) is 4.27. The number of carbonyl (C=O) groups excluding carboxylic acids is 1. The number of aromatic amines is 1. The van der Waals surface area contributed by atoms with E-state index in [0.717, 1.165) is 63.5 Å². The summed E-state index contributed by atoms with van der Waals surface area (Å²) in [5.74, 6) is 1.10. The minimum absolute atomic E-state index is 0.0443. The predicted octanol–water partition coefficient (Wildman–Crippen LogP) is 6.81. The summed E-state index contributed by atoms with van der Waals surface area (Å²) in [7, 11) is 1.70. The maximum absolute atomic E-state index is 14.4. The molecule has 10 rings (SSSR count). The first-order valence-corrected chi connectivity index (χ1v) is 17.8. The summed E-state index contributed by atoms with van der Waals surface area (Å²) in [5, 5.41) is 11.4. The number of nitrogens with zero attached hydrogens (tertiary/aromatic N) is 4. The number of thiophene rings is 1. The standard InChI is InChI=1S/C38H31FN6O4S/c1-48-27-4-2-3-23-24(27)10-12-25(23)42-34-32-20(13-15-40-34)17-28(50-32)30-29(35-43-44-37(47)49-35)26(11-7-19-5-8-22(39)9-6-19)41-33-31(30)36(46)45-16-14-21-18-38(21,33)45/h2-6,8-9,13,15,17,21,25H,7,10-12,14,16,18H2,1H3,(H,40,42)(H,44,47). The van der Waals surface area contributed by atoms with Gasteiger partial charge in [0, 0.05) is 23.2 Å². The number of pyridine rings is 2. The Kier molecular flexibility index (Phi) is 6.39. The highest BCUT2D eigenvalue weighted by Crippen LogP contribution is 2.67. The van der Waals surface area contributed by atoms with Crippen molar-refractivity contribution in [1.82, 2.24) is 25.1 Å². The summed E-state index contributed by atoms with van der Waals surface area (Å²) in [6.07, 6.45) is 6.52. The second-order valence-corrected chi connectivity index (χ2v) is 14.7. The third-order valence-corrected chi connectivity index (χ3v) is 12.2. The molecular weight excluding hydrogens is 656 g/mol. The van der Waals surface area contributed by atoms with Gasteiger partial charge in [0.2, 0.25) is 0 Å². The molecular formula is C38H31FN6O4S. The number of amides is 1. The number of methoxy groups -OCH3 is 1. The molecule has 2 N–H and O–H groups in total. The summed E-state index contributed by atoms with van der Waals surface area (Å²) in [6, 6.07) is 16.7. The number of piperidine rings is 1. The van der Waals surface area contributed by atoms with Crippen LogP contribution in [0.15, 0.2) is 70.0 Å². The molecule has 4 aromatic heterocycles. The van der Waals surface area contributed by atoms with Crippen molar-refractivity contribution in [3.8, 4) is 27.6 Å². The first kappa shape index (κ1) is 29.5. The van der Waals surface area contributed by atoms with E-state index in [1.807, 2.05) is 23.1 Å². The highest BCUT2D eigenvalue weighted by Gasteiger charge is 2.70. The zero-order chi connectivity index (χ0) is 33.7. The maximum atomic E-state index is 14.4. The van der Waals surface area contributed by atoms with Gasteiger partial charge in [0.25, 0.3) is 11.8 Å². The molecule has 2 aromatic carbocycles. The lowest BCUT2D eigenvalue weighted by molar-refractivity contribution is 0.0738. The van der Waals surface area contributed by atoms with Crippen LogP contribution in [0.5, 0.6) is 5.75 Å². The van der Waals surface area contributed by atoms with Crippen LogP contribution in [-0.2, 0) is 24.8 Å². The molecule has 2 fully saturated rings. The quantitative estimate of drug-likeness (QED) is 0.179. The van der Waals surface area contributed by atoms with Crippen LogP contribution in [0.3, 0.4) is 0 Å². The van der Waals surface area contributed by atoms with E-state index in [1.54, 1.807) is 36.8 Å². The zero-order valence-corrected chi connectivity index (χ0v) is 27.9. The van der Waals surface area contributed by atoms with Crippen molar-refractivity contribution in [2.24, 2.45) is 5.92 Å². The van der Waals surface area contributed by atoms with Gasteiger partial charge in [-0.3, -0.25) is 9.78 Å². The molecule has 3 unspecified atom stereocenters. The van der Waals surface area contributed by atoms with Crippen LogP contribution < -0.4 is 15.8 Å². The number of hydrogen-bond acceptors (Lipinski definition) is 9. The van der Waals surface area contributed by atoms with Gasteiger partial charge < -0.3 is 19.4 Å². The molecule has 0 bridgehead atoms. The number of aryl methyl sites for hydroxylation is 2. The molecule has 1 amide bonds. The Bertz CT molecular complexity index is 2440. The van der Waals surface area contributed by atoms with E-state index in [4.69, 9.17) is 19.1 Å². The SMILES string of the molecule is COc1cccc2c1CCC2Nc1nccc2cc(-c3c4c(nc(CCc5ccc(F)cc5)c3-c3n[nH]c(=O)o3)C35CC3CCN5C4=O)sc12. The number of aromatic nitrogens is 4. The lowest BCUT2D eigenvalue weighted by Crippen LogP contribution is -2.30. The lowest BCUT2D eigenvalue weighted by Gasteiger charge is -2.19. The van der Waals surface area contributed by atoms with E-state index in [-0.39, 0.29) is 23.7 Å². The summed E-state index contributed by atoms with van der Waals surface area (Å²) in [4.78, 5) is 39.7. The van der Waals surface area contributed by atoms with Crippen LogP contribution in [-0.4, -0.2) is 44.6 Å². The molecule has 6 aromatic rings. The Morgan fingerprint density at radius 1 is 1.10 bits per heavy atom. The Morgan fingerprint density at radius 3 is 2.78 bits per heavy atom. The predicted molar refractivity (Wildman–Crippen MR) is 186 cm³/mol. The van der Waals surface area contributed by atoms with Crippen molar-refractivity contribution < 1.29 is 18.3 Å². The second-order valence-electron chi connectivity index (χ2n) is 13.6. The normalized spacial score (nSPS) is 21.3. The van der Waals surface area contributed by atoms with Crippen LogP contribution in [0.25, 0.3) is 32.0 Å². The summed E-state index contributed by atoms with van der Waals surface area (Å²) in [6.45, 7) is 0.690. The molecule has 1 saturated heterocycles. The molecule has 3 atom stereocenters. The number of H-pyrrole nitrogens is 1. The lowest BCUT2D eigenvalue weighted by atomic mass is 9.92. The molecule has 0 radical (unpaired) electrons. The van der Waals surface area contributed by atoms with Gasteiger partial charge in [-0.1, -0.05) is 24.3 Å². The van der Waals surface area contributed by atoms with Crippen LogP contribution in [0.2, 0.25) is 0 Å². The summed E-state index contributed by atoms with van der Waals surface area (Å²) in [5.41, 5.74) is 6.24. The smallest absolute Gasteiger partial charge is 0.434 e. The fraction of sp³-hybridized carbons (Fsp3) is 0.289. The molecule has 50 heavy (non-hydrogen) atoms. The molecule has 1 saturated carbocycles. The molecule has 6 heterocycles. The monoisotopic (exact) mass is 686 g/mol.